The lowest BCUT2D eigenvalue weighted by Gasteiger charge is -2.26. The van der Waals surface area contributed by atoms with Crippen LogP contribution in [-0.4, -0.2) is 16.8 Å². The molecule has 6 nitrogen and oxygen atoms in total. The molecule has 126 valence electrons. The van der Waals surface area contributed by atoms with Crippen molar-refractivity contribution in [1.82, 2.24) is 10.3 Å². The van der Waals surface area contributed by atoms with Gasteiger partial charge in [0, 0.05) is 5.69 Å². The first-order valence-corrected chi connectivity index (χ1v) is 8.75. The summed E-state index contributed by atoms with van der Waals surface area (Å²) in [5.41, 5.74) is 6.30. The first-order valence-electron chi connectivity index (χ1n) is 7.18. The molecule has 1 aliphatic carbocycles. The number of fused-ring (bicyclic) bond motifs is 1. The van der Waals surface area contributed by atoms with Crippen LogP contribution >= 0.6 is 34.5 Å². The van der Waals surface area contributed by atoms with Gasteiger partial charge in [-0.15, -0.1) is 11.3 Å². The fourth-order valence-corrected chi connectivity index (χ4v) is 4.26. The summed E-state index contributed by atoms with van der Waals surface area (Å²) in [5, 5.41) is 2.88. The van der Waals surface area contributed by atoms with Gasteiger partial charge in [0.15, 0.2) is 0 Å². The molecule has 0 saturated carbocycles. The average molecular weight is 386 g/mol. The average Bonchev–Trinajstić information content (AvgIpc) is 2.85. The van der Waals surface area contributed by atoms with Gasteiger partial charge in [0.05, 0.1) is 15.9 Å². The molecule has 4 N–H and O–H groups in total. The van der Waals surface area contributed by atoms with E-state index < -0.39 is 11.5 Å². The lowest BCUT2D eigenvalue weighted by molar-refractivity contribution is 0.0933. The SMILES string of the molecule is NC(=O)c1cc2c([nH]c1=O)CCC[C@@H]2NC(=O)c1cc(Cl)sc1Cl. The van der Waals surface area contributed by atoms with Crippen molar-refractivity contribution >= 4 is 46.4 Å². The molecule has 2 aromatic heterocycles. The summed E-state index contributed by atoms with van der Waals surface area (Å²) in [5.74, 6) is -1.16. The maximum absolute atomic E-state index is 12.4. The Kier molecular flexibility index (Phi) is 4.67. The third-order valence-corrected chi connectivity index (χ3v) is 5.41. The van der Waals surface area contributed by atoms with E-state index in [0.717, 1.165) is 17.8 Å². The molecule has 0 aliphatic heterocycles. The van der Waals surface area contributed by atoms with E-state index in [1.807, 2.05) is 0 Å². The molecule has 0 radical (unpaired) electrons. The van der Waals surface area contributed by atoms with Crippen LogP contribution in [0.5, 0.6) is 0 Å². The van der Waals surface area contributed by atoms with Crippen LogP contribution in [0.15, 0.2) is 16.9 Å². The quantitative estimate of drug-likeness (QED) is 0.755. The van der Waals surface area contributed by atoms with Crippen LogP contribution in [0.2, 0.25) is 8.67 Å². The zero-order valence-corrected chi connectivity index (χ0v) is 14.6. The zero-order valence-electron chi connectivity index (χ0n) is 12.3. The number of thiophene rings is 1. The molecule has 2 aromatic rings. The number of H-pyrrole nitrogens is 1. The van der Waals surface area contributed by atoms with E-state index in [1.54, 1.807) is 0 Å². The van der Waals surface area contributed by atoms with Crippen LogP contribution < -0.4 is 16.6 Å². The van der Waals surface area contributed by atoms with Crippen molar-refractivity contribution in [3.63, 3.8) is 0 Å². The lowest BCUT2D eigenvalue weighted by atomic mass is 9.90. The molecule has 9 heteroatoms. The number of aromatic amines is 1. The van der Waals surface area contributed by atoms with Gasteiger partial charge in [0.2, 0.25) is 0 Å². The third-order valence-electron chi connectivity index (χ3n) is 3.92. The predicted octanol–water partition coefficient (Wildman–Crippen LogP) is 2.65. The number of aromatic nitrogens is 1. The molecule has 24 heavy (non-hydrogen) atoms. The molecule has 3 rings (SSSR count). The normalized spacial score (nSPS) is 16.5. The van der Waals surface area contributed by atoms with E-state index in [-0.39, 0.29) is 17.5 Å². The van der Waals surface area contributed by atoms with E-state index in [1.165, 1.54) is 12.1 Å². The molecule has 1 atom stereocenters. The number of carbonyl (C=O) groups excluding carboxylic acids is 2. The van der Waals surface area contributed by atoms with Gasteiger partial charge in [-0.3, -0.25) is 14.4 Å². The fraction of sp³-hybridized carbons (Fsp3) is 0.267. The first kappa shape index (κ1) is 17.0. The summed E-state index contributed by atoms with van der Waals surface area (Å²) in [4.78, 5) is 38.4. The minimum atomic E-state index is -0.803. The van der Waals surface area contributed by atoms with Crippen LogP contribution in [0.1, 0.15) is 50.9 Å². The molecule has 1 aliphatic rings. The number of pyridine rings is 1. The lowest BCUT2D eigenvalue weighted by Crippen LogP contribution is -2.34. The fourth-order valence-electron chi connectivity index (χ4n) is 2.80. The minimum absolute atomic E-state index is 0.119. The van der Waals surface area contributed by atoms with Crippen LogP contribution in [0.4, 0.5) is 0 Å². The van der Waals surface area contributed by atoms with Gasteiger partial charge in [-0.2, -0.15) is 0 Å². The van der Waals surface area contributed by atoms with Crippen molar-refractivity contribution in [2.45, 2.75) is 25.3 Å². The maximum Gasteiger partial charge on any atom is 0.261 e. The molecule has 0 bridgehead atoms. The maximum atomic E-state index is 12.4. The van der Waals surface area contributed by atoms with E-state index in [2.05, 4.69) is 10.3 Å². The van der Waals surface area contributed by atoms with Gasteiger partial charge in [-0.1, -0.05) is 23.2 Å². The smallest absolute Gasteiger partial charge is 0.261 e. The number of primary amides is 1. The number of aryl methyl sites for hydroxylation is 1. The van der Waals surface area contributed by atoms with E-state index in [9.17, 15) is 14.4 Å². The monoisotopic (exact) mass is 385 g/mol. The van der Waals surface area contributed by atoms with E-state index in [0.29, 0.717) is 38.3 Å². The molecular weight excluding hydrogens is 373 g/mol. The largest absolute Gasteiger partial charge is 0.365 e. The second-order valence-electron chi connectivity index (χ2n) is 5.47. The second kappa shape index (κ2) is 6.58. The summed E-state index contributed by atoms with van der Waals surface area (Å²) < 4.78 is 0.738. The standard InChI is InChI=1S/C15H13Cl2N3O3S/c16-11-5-7(12(17)24-11)14(22)19-9-2-1-3-10-6(9)4-8(13(18)21)15(23)20-10/h4-5,9H,1-3H2,(H2,18,21)(H,19,22)(H,20,23)/t9-/m0/s1. The molecule has 0 unspecified atom stereocenters. The highest BCUT2D eigenvalue weighted by atomic mass is 35.5. The van der Waals surface area contributed by atoms with Crippen LogP contribution in [-0.2, 0) is 6.42 Å². The van der Waals surface area contributed by atoms with Gasteiger partial charge in [-0.25, -0.2) is 0 Å². The minimum Gasteiger partial charge on any atom is -0.365 e. The zero-order chi connectivity index (χ0) is 17.4. The van der Waals surface area contributed by atoms with Crippen molar-refractivity contribution in [3.8, 4) is 0 Å². The topological polar surface area (TPSA) is 105 Å². The number of carbonyl (C=O) groups is 2. The molecule has 2 heterocycles. The number of rotatable bonds is 3. The Labute approximate surface area is 151 Å². The van der Waals surface area contributed by atoms with Gasteiger partial charge in [-0.05, 0) is 37.0 Å². The predicted molar refractivity (Wildman–Crippen MR) is 93.1 cm³/mol. The molecule has 0 saturated heterocycles. The number of nitrogens with two attached hydrogens (primary N) is 1. The molecular formula is C15H13Cl2N3O3S. The van der Waals surface area contributed by atoms with Crippen LogP contribution in [0, 0.1) is 0 Å². The Morgan fingerprint density at radius 1 is 1.29 bits per heavy atom. The highest BCUT2D eigenvalue weighted by Crippen LogP contribution is 2.33. The van der Waals surface area contributed by atoms with E-state index >= 15 is 0 Å². The number of halogens is 2. The Morgan fingerprint density at radius 2 is 2.04 bits per heavy atom. The summed E-state index contributed by atoms with van der Waals surface area (Å²) >= 11 is 13.0. The summed E-state index contributed by atoms with van der Waals surface area (Å²) in [6, 6.07) is 2.63. The second-order valence-corrected chi connectivity index (χ2v) is 7.75. The molecule has 0 aromatic carbocycles. The van der Waals surface area contributed by atoms with Gasteiger partial charge < -0.3 is 16.0 Å². The van der Waals surface area contributed by atoms with Crippen molar-refractivity contribution in [2.24, 2.45) is 5.73 Å². The Morgan fingerprint density at radius 3 is 2.67 bits per heavy atom. The molecule has 0 spiro atoms. The molecule has 0 fully saturated rings. The molecule has 2 amide bonds. The van der Waals surface area contributed by atoms with Crippen molar-refractivity contribution in [2.75, 3.05) is 0 Å². The highest BCUT2D eigenvalue weighted by molar-refractivity contribution is 7.20. The van der Waals surface area contributed by atoms with Gasteiger partial charge >= 0.3 is 0 Å². The first-order chi connectivity index (χ1) is 11.4. The number of amides is 2. The summed E-state index contributed by atoms with van der Waals surface area (Å²) in [6.45, 7) is 0. The van der Waals surface area contributed by atoms with Crippen LogP contribution in [0.25, 0.3) is 0 Å². The Hall–Kier alpha value is -1.83. The van der Waals surface area contributed by atoms with Crippen molar-refractivity contribution < 1.29 is 9.59 Å². The van der Waals surface area contributed by atoms with Crippen molar-refractivity contribution in [3.05, 3.63) is 53.5 Å². The van der Waals surface area contributed by atoms with Crippen molar-refractivity contribution in [1.29, 1.82) is 0 Å². The Balaban J connectivity index is 1.93. The number of hydrogen-bond donors (Lipinski definition) is 3. The highest BCUT2D eigenvalue weighted by Gasteiger charge is 2.26. The van der Waals surface area contributed by atoms with Gasteiger partial charge in [0.1, 0.15) is 9.90 Å². The third kappa shape index (κ3) is 3.19. The van der Waals surface area contributed by atoms with E-state index in [4.69, 9.17) is 28.9 Å². The van der Waals surface area contributed by atoms with Crippen LogP contribution in [0.3, 0.4) is 0 Å². The summed E-state index contributed by atoms with van der Waals surface area (Å²) in [6.07, 6.45) is 2.14. The number of nitrogens with one attached hydrogen (secondary N) is 2. The van der Waals surface area contributed by atoms with Gasteiger partial charge in [0.25, 0.3) is 17.4 Å². The Bertz CT molecular complexity index is 891. The summed E-state index contributed by atoms with van der Waals surface area (Å²) in [7, 11) is 0. The number of hydrogen-bond acceptors (Lipinski definition) is 4.